The zero-order chi connectivity index (χ0) is 7.84. The highest BCUT2D eigenvalue weighted by Crippen LogP contribution is 2.25. The minimum atomic E-state index is 0. The van der Waals surface area contributed by atoms with Crippen LogP contribution in [-0.2, 0) is 0 Å². The third-order valence-electron chi connectivity index (χ3n) is 3.12. The van der Waals surface area contributed by atoms with Crippen LogP contribution in [0.15, 0.2) is 0 Å². The van der Waals surface area contributed by atoms with Gasteiger partial charge in [0.2, 0.25) is 0 Å². The molecule has 2 atom stereocenters. The minimum absolute atomic E-state index is 0. The third-order valence-corrected chi connectivity index (χ3v) is 3.12. The molecule has 0 radical (unpaired) electrons. The standard InChI is InChI=1S/C9H18N2.2ClH/c1-7(2)11-5-8-3-4-10-9(8)6-11;;/h7-10H,3-6H2,1-2H3;2*1H/t8-,9+;;/m1../s1. The van der Waals surface area contributed by atoms with Crippen molar-refractivity contribution >= 4 is 24.8 Å². The van der Waals surface area contributed by atoms with Gasteiger partial charge in [-0.3, -0.25) is 4.90 Å². The Morgan fingerprint density at radius 2 is 1.92 bits per heavy atom. The van der Waals surface area contributed by atoms with Crippen molar-refractivity contribution in [1.29, 1.82) is 0 Å². The Bertz CT molecular complexity index is 141. The third kappa shape index (κ3) is 2.72. The Balaban J connectivity index is 0.000000720. The molecule has 2 saturated heterocycles. The summed E-state index contributed by atoms with van der Waals surface area (Å²) < 4.78 is 0. The molecule has 80 valence electrons. The number of nitrogens with zero attached hydrogens (tertiary/aromatic N) is 1. The predicted molar refractivity (Wildman–Crippen MR) is 61.1 cm³/mol. The van der Waals surface area contributed by atoms with Crippen molar-refractivity contribution in [3.63, 3.8) is 0 Å². The van der Waals surface area contributed by atoms with E-state index in [0.29, 0.717) is 0 Å². The summed E-state index contributed by atoms with van der Waals surface area (Å²) in [4.78, 5) is 2.58. The van der Waals surface area contributed by atoms with Crippen molar-refractivity contribution in [3.05, 3.63) is 0 Å². The van der Waals surface area contributed by atoms with E-state index in [1.807, 2.05) is 0 Å². The van der Waals surface area contributed by atoms with Crippen molar-refractivity contribution in [2.45, 2.75) is 32.4 Å². The van der Waals surface area contributed by atoms with Crippen LogP contribution >= 0.6 is 24.8 Å². The molecule has 13 heavy (non-hydrogen) atoms. The first kappa shape index (κ1) is 13.5. The van der Waals surface area contributed by atoms with Crippen LogP contribution in [0.5, 0.6) is 0 Å². The van der Waals surface area contributed by atoms with Gasteiger partial charge in [-0.1, -0.05) is 0 Å². The van der Waals surface area contributed by atoms with Gasteiger partial charge in [-0.25, -0.2) is 0 Å². The van der Waals surface area contributed by atoms with E-state index in [9.17, 15) is 0 Å². The van der Waals surface area contributed by atoms with Crippen LogP contribution in [0, 0.1) is 5.92 Å². The second kappa shape index (κ2) is 5.40. The maximum absolute atomic E-state index is 3.56. The van der Waals surface area contributed by atoms with Gasteiger partial charge in [-0.2, -0.15) is 0 Å². The van der Waals surface area contributed by atoms with Crippen LogP contribution in [0.25, 0.3) is 0 Å². The molecule has 0 spiro atoms. The van der Waals surface area contributed by atoms with E-state index >= 15 is 0 Å². The summed E-state index contributed by atoms with van der Waals surface area (Å²) in [6.07, 6.45) is 1.40. The van der Waals surface area contributed by atoms with E-state index in [0.717, 1.165) is 18.0 Å². The number of fused-ring (bicyclic) bond motifs is 1. The monoisotopic (exact) mass is 226 g/mol. The predicted octanol–water partition coefficient (Wildman–Crippen LogP) is 1.53. The van der Waals surface area contributed by atoms with Crippen LogP contribution in [0.2, 0.25) is 0 Å². The Hall–Kier alpha value is 0.500. The zero-order valence-corrected chi connectivity index (χ0v) is 9.96. The summed E-state index contributed by atoms with van der Waals surface area (Å²) in [7, 11) is 0. The molecule has 0 bridgehead atoms. The Morgan fingerprint density at radius 3 is 2.46 bits per heavy atom. The molecule has 2 fully saturated rings. The molecule has 0 aromatic rings. The maximum Gasteiger partial charge on any atom is 0.0236 e. The lowest BCUT2D eigenvalue weighted by molar-refractivity contribution is 0.257. The lowest BCUT2D eigenvalue weighted by atomic mass is 10.1. The molecule has 2 nitrogen and oxygen atoms in total. The smallest absolute Gasteiger partial charge is 0.0236 e. The van der Waals surface area contributed by atoms with Gasteiger partial charge in [0.1, 0.15) is 0 Å². The maximum atomic E-state index is 3.56. The second-order valence-corrected chi connectivity index (χ2v) is 4.16. The van der Waals surface area contributed by atoms with Crippen LogP contribution in [0.1, 0.15) is 20.3 Å². The summed E-state index contributed by atoms with van der Waals surface area (Å²) in [6, 6.07) is 1.56. The fraction of sp³-hybridized carbons (Fsp3) is 1.00. The first-order valence-electron chi connectivity index (χ1n) is 4.75. The molecule has 0 aromatic carbocycles. The number of likely N-dealkylation sites (tertiary alicyclic amines) is 1. The molecule has 2 aliphatic rings. The number of rotatable bonds is 1. The van der Waals surface area contributed by atoms with Gasteiger partial charge in [0.05, 0.1) is 0 Å². The van der Waals surface area contributed by atoms with E-state index in [1.165, 1.54) is 26.1 Å². The van der Waals surface area contributed by atoms with Gasteiger partial charge >= 0.3 is 0 Å². The second-order valence-electron chi connectivity index (χ2n) is 4.16. The molecule has 2 aliphatic heterocycles. The van der Waals surface area contributed by atoms with Crippen molar-refractivity contribution in [2.24, 2.45) is 5.92 Å². The highest BCUT2D eigenvalue weighted by Gasteiger charge is 2.36. The van der Waals surface area contributed by atoms with Gasteiger partial charge in [-0.15, -0.1) is 24.8 Å². The molecule has 0 aromatic heterocycles. The average molecular weight is 227 g/mol. The molecule has 0 saturated carbocycles. The molecule has 0 aliphatic carbocycles. The average Bonchev–Trinajstić information content (AvgIpc) is 2.40. The molecule has 4 heteroatoms. The number of hydrogen-bond acceptors (Lipinski definition) is 2. The summed E-state index contributed by atoms with van der Waals surface area (Å²) in [5.41, 5.74) is 0. The first-order chi connectivity index (χ1) is 5.27. The fourth-order valence-corrected chi connectivity index (χ4v) is 2.30. The summed E-state index contributed by atoms with van der Waals surface area (Å²) >= 11 is 0. The van der Waals surface area contributed by atoms with Crippen molar-refractivity contribution in [2.75, 3.05) is 19.6 Å². The van der Waals surface area contributed by atoms with E-state index in [1.54, 1.807) is 0 Å². The SMILES string of the molecule is CC(C)N1C[C@H]2CCN[C@H]2C1.Cl.Cl. The fourth-order valence-electron chi connectivity index (χ4n) is 2.30. The summed E-state index contributed by atoms with van der Waals surface area (Å²) in [5, 5.41) is 3.56. The lowest BCUT2D eigenvalue weighted by Gasteiger charge is -2.20. The van der Waals surface area contributed by atoms with Gasteiger partial charge in [0, 0.05) is 25.2 Å². The van der Waals surface area contributed by atoms with Crippen LogP contribution in [0.4, 0.5) is 0 Å². The molecule has 0 amide bonds. The molecule has 1 N–H and O–H groups in total. The van der Waals surface area contributed by atoms with Gasteiger partial charge in [0.15, 0.2) is 0 Å². The van der Waals surface area contributed by atoms with Crippen LogP contribution < -0.4 is 5.32 Å². The summed E-state index contributed by atoms with van der Waals surface area (Å²) in [6.45, 7) is 8.45. The normalized spacial score (nSPS) is 32.5. The Kier molecular flexibility index (Phi) is 5.61. The minimum Gasteiger partial charge on any atom is -0.312 e. The highest BCUT2D eigenvalue weighted by molar-refractivity contribution is 5.85. The molecular formula is C9H20Cl2N2. The number of nitrogens with one attached hydrogen (secondary N) is 1. The van der Waals surface area contributed by atoms with E-state index in [-0.39, 0.29) is 24.8 Å². The van der Waals surface area contributed by atoms with E-state index in [4.69, 9.17) is 0 Å². The topological polar surface area (TPSA) is 15.3 Å². The summed E-state index contributed by atoms with van der Waals surface area (Å²) in [5.74, 6) is 0.956. The molecule has 2 heterocycles. The Labute approximate surface area is 93.3 Å². The lowest BCUT2D eigenvalue weighted by Crippen LogP contribution is -2.33. The van der Waals surface area contributed by atoms with Crippen LogP contribution in [0.3, 0.4) is 0 Å². The quantitative estimate of drug-likeness (QED) is 0.730. The van der Waals surface area contributed by atoms with Gasteiger partial charge in [-0.05, 0) is 32.7 Å². The zero-order valence-electron chi connectivity index (χ0n) is 8.32. The van der Waals surface area contributed by atoms with Crippen molar-refractivity contribution < 1.29 is 0 Å². The van der Waals surface area contributed by atoms with Gasteiger partial charge < -0.3 is 5.32 Å². The van der Waals surface area contributed by atoms with Crippen LogP contribution in [-0.4, -0.2) is 36.6 Å². The molecule has 2 rings (SSSR count). The van der Waals surface area contributed by atoms with E-state index in [2.05, 4.69) is 24.1 Å². The first-order valence-corrected chi connectivity index (χ1v) is 4.75. The molecule has 0 unspecified atom stereocenters. The largest absolute Gasteiger partial charge is 0.312 e. The molecular weight excluding hydrogens is 207 g/mol. The van der Waals surface area contributed by atoms with Crippen molar-refractivity contribution in [3.8, 4) is 0 Å². The van der Waals surface area contributed by atoms with E-state index < -0.39 is 0 Å². The number of hydrogen-bond donors (Lipinski definition) is 1. The van der Waals surface area contributed by atoms with Gasteiger partial charge in [0.25, 0.3) is 0 Å². The van der Waals surface area contributed by atoms with Crippen molar-refractivity contribution in [1.82, 2.24) is 10.2 Å². The highest BCUT2D eigenvalue weighted by atomic mass is 35.5. The Morgan fingerprint density at radius 1 is 1.23 bits per heavy atom. The number of halogens is 2.